The molecule has 2 aromatic carbocycles. The van der Waals surface area contributed by atoms with Crippen molar-refractivity contribution in [1.29, 1.82) is 0 Å². The van der Waals surface area contributed by atoms with E-state index in [-0.39, 0.29) is 12.5 Å². The summed E-state index contributed by atoms with van der Waals surface area (Å²) in [5.74, 6) is -0.261. The number of guanidine groups is 1. The molecule has 0 spiro atoms. The first-order valence-electron chi connectivity index (χ1n) is 8.32. The molecule has 0 fully saturated rings. The lowest BCUT2D eigenvalue weighted by Gasteiger charge is -2.12. The van der Waals surface area contributed by atoms with Gasteiger partial charge in [-0.1, -0.05) is 35.9 Å². The fourth-order valence-electron chi connectivity index (χ4n) is 2.24. The van der Waals surface area contributed by atoms with Crippen LogP contribution in [-0.2, 0) is 17.9 Å². The zero-order chi connectivity index (χ0) is 19.6. The average molecular weight is 388 g/mol. The average Bonchev–Trinajstić information content (AvgIpc) is 2.68. The van der Waals surface area contributed by atoms with Crippen molar-refractivity contribution in [2.45, 2.75) is 13.1 Å². The first-order chi connectivity index (χ1) is 13.0. The molecular weight excluding hydrogens is 366 g/mol. The Hall–Kier alpha value is -3.06. The van der Waals surface area contributed by atoms with Crippen LogP contribution in [0.5, 0.6) is 0 Å². The van der Waals surface area contributed by atoms with Crippen LogP contribution >= 0.6 is 11.6 Å². The Morgan fingerprint density at radius 3 is 1.93 bits per heavy atom. The van der Waals surface area contributed by atoms with Gasteiger partial charge in [-0.05, 0) is 35.4 Å². The Bertz CT molecular complexity index is 804. The smallest absolute Gasteiger partial charge is 0.251 e. The molecule has 0 aliphatic carbocycles. The third kappa shape index (κ3) is 6.99. The predicted molar refractivity (Wildman–Crippen MR) is 106 cm³/mol. The SMILES string of the molecule is CN=C(NCc1ccc(Cl)cc1)NCc1ccc(C(=O)NCC(N)=O)cc1. The Kier molecular flexibility index (Phi) is 7.63. The van der Waals surface area contributed by atoms with Crippen molar-refractivity contribution in [3.8, 4) is 0 Å². The van der Waals surface area contributed by atoms with Crippen LogP contribution in [0.2, 0.25) is 5.02 Å². The number of rotatable bonds is 7. The van der Waals surface area contributed by atoms with Crippen molar-refractivity contribution >= 4 is 29.4 Å². The number of hydrogen-bond donors (Lipinski definition) is 4. The molecule has 0 radical (unpaired) electrons. The number of nitrogens with zero attached hydrogens (tertiary/aromatic N) is 1. The monoisotopic (exact) mass is 387 g/mol. The molecule has 0 heterocycles. The molecule has 27 heavy (non-hydrogen) atoms. The number of primary amides is 1. The minimum absolute atomic E-state index is 0.183. The maximum atomic E-state index is 11.8. The molecule has 142 valence electrons. The molecule has 8 heteroatoms. The maximum absolute atomic E-state index is 11.8. The van der Waals surface area contributed by atoms with E-state index in [4.69, 9.17) is 17.3 Å². The second-order valence-corrected chi connectivity index (χ2v) is 6.19. The van der Waals surface area contributed by atoms with Crippen LogP contribution in [0.3, 0.4) is 0 Å². The van der Waals surface area contributed by atoms with Gasteiger partial charge in [-0.15, -0.1) is 0 Å². The van der Waals surface area contributed by atoms with Gasteiger partial charge in [0.05, 0.1) is 6.54 Å². The fourth-order valence-corrected chi connectivity index (χ4v) is 2.36. The molecule has 0 unspecified atom stereocenters. The summed E-state index contributed by atoms with van der Waals surface area (Å²) in [6.07, 6.45) is 0. The number of hydrogen-bond acceptors (Lipinski definition) is 3. The molecule has 2 aromatic rings. The molecular formula is C19H22ClN5O2. The molecule has 2 rings (SSSR count). The van der Waals surface area contributed by atoms with Crippen molar-refractivity contribution in [3.63, 3.8) is 0 Å². The van der Waals surface area contributed by atoms with E-state index in [9.17, 15) is 9.59 Å². The third-order valence-corrected chi connectivity index (χ3v) is 3.95. The van der Waals surface area contributed by atoms with Gasteiger partial charge in [-0.3, -0.25) is 14.6 Å². The Morgan fingerprint density at radius 1 is 0.926 bits per heavy atom. The highest BCUT2D eigenvalue weighted by Gasteiger charge is 2.06. The molecule has 0 aliphatic rings. The van der Waals surface area contributed by atoms with E-state index in [2.05, 4.69) is 20.9 Å². The molecule has 0 saturated carbocycles. The minimum Gasteiger partial charge on any atom is -0.368 e. The van der Waals surface area contributed by atoms with E-state index >= 15 is 0 Å². The lowest BCUT2D eigenvalue weighted by Crippen LogP contribution is -2.36. The molecule has 2 amide bonds. The first kappa shape index (κ1) is 20.3. The number of nitrogens with two attached hydrogens (primary N) is 1. The number of amides is 2. The van der Waals surface area contributed by atoms with Gasteiger partial charge in [0.1, 0.15) is 0 Å². The second kappa shape index (κ2) is 10.2. The van der Waals surface area contributed by atoms with Gasteiger partial charge in [0.2, 0.25) is 5.91 Å². The standard InChI is InChI=1S/C19H22ClN5O2/c1-22-19(25-11-14-4-8-16(20)9-5-14)24-10-13-2-6-15(7-3-13)18(27)23-12-17(21)26/h2-9H,10-12H2,1H3,(H2,21,26)(H,23,27)(H2,22,24,25). The second-order valence-electron chi connectivity index (χ2n) is 5.75. The van der Waals surface area contributed by atoms with Crippen LogP contribution in [0.1, 0.15) is 21.5 Å². The molecule has 0 aliphatic heterocycles. The normalized spacial score (nSPS) is 11.0. The summed E-state index contributed by atoms with van der Waals surface area (Å²) in [5, 5.41) is 9.58. The van der Waals surface area contributed by atoms with Crippen LogP contribution < -0.4 is 21.7 Å². The first-order valence-corrected chi connectivity index (χ1v) is 8.70. The summed E-state index contributed by atoms with van der Waals surface area (Å²) in [6, 6.07) is 14.6. The van der Waals surface area contributed by atoms with Gasteiger partial charge in [-0.2, -0.15) is 0 Å². The zero-order valence-corrected chi connectivity index (χ0v) is 15.7. The van der Waals surface area contributed by atoms with Crippen molar-refractivity contribution in [1.82, 2.24) is 16.0 Å². The maximum Gasteiger partial charge on any atom is 0.251 e. The summed E-state index contributed by atoms with van der Waals surface area (Å²) in [4.78, 5) is 26.7. The molecule has 0 bridgehead atoms. The molecule has 0 atom stereocenters. The van der Waals surface area contributed by atoms with E-state index in [0.29, 0.717) is 29.6 Å². The summed E-state index contributed by atoms with van der Waals surface area (Å²) >= 11 is 5.88. The van der Waals surface area contributed by atoms with Gasteiger partial charge >= 0.3 is 0 Å². The van der Waals surface area contributed by atoms with Crippen LogP contribution in [0.15, 0.2) is 53.5 Å². The van der Waals surface area contributed by atoms with Crippen molar-refractivity contribution in [2.75, 3.05) is 13.6 Å². The van der Waals surface area contributed by atoms with E-state index in [1.165, 1.54) is 0 Å². The molecule has 5 N–H and O–H groups in total. The lowest BCUT2D eigenvalue weighted by atomic mass is 10.1. The van der Waals surface area contributed by atoms with Crippen molar-refractivity contribution < 1.29 is 9.59 Å². The van der Waals surface area contributed by atoms with Crippen LogP contribution in [0.4, 0.5) is 0 Å². The topological polar surface area (TPSA) is 109 Å². The van der Waals surface area contributed by atoms with E-state index in [1.807, 2.05) is 36.4 Å². The fraction of sp³-hybridized carbons (Fsp3) is 0.211. The number of nitrogens with one attached hydrogen (secondary N) is 3. The van der Waals surface area contributed by atoms with Crippen LogP contribution in [-0.4, -0.2) is 31.4 Å². The highest BCUT2D eigenvalue weighted by Crippen LogP contribution is 2.09. The number of carbonyl (C=O) groups is 2. The lowest BCUT2D eigenvalue weighted by molar-refractivity contribution is -0.117. The number of aliphatic imine (C=N–C) groups is 1. The van der Waals surface area contributed by atoms with Crippen LogP contribution in [0.25, 0.3) is 0 Å². The number of benzene rings is 2. The van der Waals surface area contributed by atoms with Gasteiger partial charge in [0.25, 0.3) is 5.91 Å². The quantitative estimate of drug-likeness (QED) is 0.425. The van der Waals surface area contributed by atoms with Crippen molar-refractivity contribution in [3.05, 3.63) is 70.2 Å². The third-order valence-electron chi connectivity index (χ3n) is 3.70. The van der Waals surface area contributed by atoms with Gasteiger partial charge in [0.15, 0.2) is 5.96 Å². The zero-order valence-electron chi connectivity index (χ0n) is 15.0. The summed E-state index contributed by atoms with van der Waals surface area (Å²) < 4.78 is 0. The molecule has 0 saturated heterocycles. The summed E-state index contributed by atoms with van der Waals surface area (Å²) in [6.45, 7) is 0.983. The Labute approximate surface area is 163 Å². The molecule has 7 nitrogen and oxygen atoms in total. The Balaban J connectivity index is 1.82. The highest BCUT2D eigenvalue weighted by atomic mass is 35.5. The number of halogens is 1. The van der Waals surface area contributed by atoms with E-state index in [0.717, 1.165) is 11.1 Å². The number of carbonyl (C=O) groups excluding carboxylic acids is 2. The highest BCUT2D eigenvalue weighted by molar-refractivity contribution is 6.30. The summed E-state index contributed by atoms with van der Waals surface area (Å²) in [5.41, 5.74) is 7.54. The van der Waals surface area contributed by atoms with Gasteiger partial charge in [-0.25, -0.2) is 0 Å². The van der Waals surface area contributed by atoms with E-state index < -0.39 is 5.91 Å². The largest absolute Gasteiger partial charge is 0.368 e. The Morgan fingerprint density at radius 2 is 1.44 bits per heavy atom. The van der Waals surface area contributed by atoms with Gasteiger partial charge in [0, 0.05) is 30.7 Å². The van der Waals surface area contributed by atoms with E-state index in [1.54, 1.807) is 19.2 Å². The predicted octanol–water partition coefficient (Wildman–Crippen LogP) is 1.42. The molecule has 0 aromatic heterocycles. The summed E-state index contributed by atoms with van der Waals surface area (Å²) in [7, 11) is 1.70. The minimum atomic E-state index is -0.582. The van der Waals surface area contributed by atoms with Crippen molar-refractivity contribution in [2.24, 2.45) is 10.7 Å². The van der Waals surface area contributed by atoms with Gasteiger partial charge < -0.3 is 21.7 Å². The van der Waals surface area contributed by atoms with Crippen LogP contribution in [0, 0.1) is 0 Å².